The lowest BCUT2D eigenvalue weighted by atomic mass is 10.1. The highest BCUT2D eigenvalue weighted by Crippen LogP contribution is 2.14. The number of pyridine rings is 1. The van der Waals surface area contributed by atoms with Gasteiger partial charge in [0.25, 0.3) is 0 Å². The SMILES string of the molecule is CNC(=O)C1COCCN1Cc1cccnc1CN. The Morgan fingerprint density at radius 2 is 2.53 bits per heavy atom. The topological polar surface area (TPSA) is 80.5 Å². The molecule has 0 spiro atoms. The quantitative estimate of drug-likeness (QED) is 0.765. The van der Waals surface area contributed by atoms with E-state index in [1.807, 2.05) is 12.1 Å². The molecule has 0 bridgehead atoms. The Hall–Kier alpha value is -1.50. The standard InChI is InChI=1S/C13H20N4O2/c1-15-13(18)12-9-19-6-5-17(12)8-10-3-2-4-16-11(10)7-14/h2-4,12H,5-9,14H2,1H3,(H,15,18). The van der Waals surface area contributed by atoms with Crippen LogP contribution in [0.5, 0.6) is 0 Å². The van der Waals surface area contributed by atoms with E-state index in [9.17, 15) is 4.79 Å². The molecule has 2 rings (SSSR count). The fraction of sp³-hybridized carbons (Fsp3) is 0.538. The molecule has 19 heavy (non-hydrogen) atoms. The van der Waals surface area contributed by atoms with Gasteiger partial charge in [-0.2, -0.15) is 0 Å². The number of nitrogens with zero attached hydrogens (tertiary/aromatic N) is 2. The van der Waals surface area contributed by atoms with Gasteiger partial charge < -0.3 is 15.8 Å². The van der Waals surface area contributed by atoms with E-state index in [-0.39, 0.29) is 11.9 Å². The third-order valence-electron chi connectivity index (χ3n) is 3.34. The summed E-state index contributed by atoms with van der Waals surface area (Å²) in [5.41, 5.74) is 7.64. The van der Waals surface area contributed by atoms with Crippen LogP contribution >= 0.6 is 0 Å². The number of hydrogen-bond acceptors (Lipinski definition) is 5. The molecular weight excluding hydrogens is 244 g/mol. The molecule has 1 unspecified atom stereocenters. The van der Waals surface area contributed by atoms with Gasteiger partial charge in [-0.05, 0) is 11.6 Å². The Bertz CT molecular complexity index is 438. The number of carbonyl (C=O) groups is 1. The van der Waals surface area contributed by atoms with Gasteiger partial charge in [-0.1, -0.05) is 6.07 Å². The van der Waals surface area contributed by atoms with Crippen LogP contribution in [0, 0.1) is 0 Å². The number of nitrogens with two attached hydrogens (primary N) is 1. The molecule has 6 nitrogen and oxygen atoms in total. The number of amides is 1. The van der Waals surface area contributed by atoms with Crippen LogP contribution in [0.15, 0.2) is 18.3 Å². The first-order valence-electron chi connectivity index (χ1n) is 6.42. The summed E-state index contributed by atoms with van der Waals surface area (Å²) in [4.78, 5) is 18.2. The molecule has 0 aromatic carbocycles. The Kier molecular flexibility index (Phi) is 4.84. The van der Waals surface area contributed by atoms with E-state index in [0.29, 0.717) is 26.3 Å². The maximum Gasteiger partial charge on any atom is 0.239 e. The summed E-state index contributed by atoms with van der Waals surface area (Å²) in [7, 11) is 1.64. The van der Waals surface area contributed by atoms with Crippen molar-refractivity contribution in [2.45, 2.75) is 19.1 Å². The first kappa shape index (κ1) is 13.9. The van der Waals surface area contributed by atoms with Gasteiger partial charge in [0, 0.05) is 32.9 Å². The number of carbonyl (C=O) groups excluding carboxylic acids is 1. The van der Waals surface area contributed by atoms with E-state index in [4.69, 9.17) is 10.5 Å². The van der Waals surface area contributed by atoms with Gasteiger partial charge in [0.2, 0.25) is 5.91 Å². The number of ether oxygens (including phenoxy) is 1. The molecule has 1 fully saturated rings. The molecule has 104 valence electrons. The van der Waals surface area contributed by atoms with Crippen LogP contribution in [0.2, 0.25) is 0 Å². The van der Waals surface area contributed by atoms with Crippen LogP contribution in [0.25, 0.3) is 0 Å². The molecule has 0 saturated carbocycles. The average Bonchev–Trinajstić information content (AvgIpc) is 2.47. The number of nitrogens with one attached hydrogen (secondary N) is 1. The van der Waals surface area contributed by atoms with Crippen LogP contribution in [0.3, 0.4) is 0 Å². The second-order valence-electron chi connectivity index (χ2n) is 4.49. The second-order valence-corrected chi connectivity index (χ2v) is 4.49. The molecule has 1 aromatic rings. The fourth-order valence-electron chi connectivity index (χ4n) is 2.25. The molecule has 1 aromatic heterocycles. The number of hydrogen-bond donors (Lipinski definition) is 2. The van der Waals surface area contributed by atoms with Crippen molar-refractivity contribution in [3.05, 3.63) is 29.6 Å². The highest BCUT2D eigenvalue weighted by atomic mass is 16.5. The van der Waals surface area contributed by atoms with E-state index in [1.54, 1.807) is 13.2 Å². The normalized spacial score (nSPS) is 20.2. The summed E-state index contributed by atoms with van der Waals surface area (Å²) in [5, 5.41) is 2.68. The van der Waals surface area contributed by atoms with Gasteiger partial charge in [0.15, 0.2) is 0 Å². The summed E-state index contributed by atoms with van der Waals surface area (Å²) in [6.07, 6.45) is 1.74. The van der Waals surface area contributed by atoms with Crippen LogP contribution in [-0.4, -0.2) is 48.6 Å². The molecule has 3 N–H and O–H groups in total. The molecule has 2 heterocycles. The smallest absolute Gasteiger partial charge is 0.239 e. The van der Waals surface area contributed by atoms with E-state index < -0.39 is 0 Å². The van der Waals surface area contributed by atoms with Gasteiger partial charge in [-0.25, -0.2) is 0 Å². The minimum Gasteiger partial charge on any atom is -0.378 e. The molecule has 1 aliphatic heterocycles. The molecular formula is C13H20N4O2. The van der Waals surface area contributed by atoms with Crippen molar-refractivity contribution in [1.82, 2.24) is 15.2 Å². The first-order valence-corrected chi connectivity index (χ1v) is 6.42. The lowest BCUT2D eigenvalue weighted by Gasteiger charge is -2.34. The maximum absolute atomic E-state index is 11.8. The van der Waals surface area contributed by atoms with Crippen LogP contribution in [0.4, 0.5) is 0 Å². The molecule has 1 saturated heterocycles. The molecule has 1 atom stereocenters. The summed E-state index contributed by atoms with van der Waals surface area (Å²) in [6, 6.07) is 3.65. The number of aromatic nitrogens is 1. The van der Waals surface area contributed by atoms with Crippen molar-refractivity contribution in [3.8, 4) is 0 Å². The van der Waals surface area contributed by atoms with Gasteiger partial charge in [-0.15, -0.1) is 0 Å². The van der Waals surface area contributed by atoms with E-state index in [2.05, 4.69) is 15.2 Å². The van der Waals surface area contributed by atoms with Crippen molar-refractivity contribution in [3.63, 3.8) is 0 Å². The van der Waals surface area contributed by atoms with Crippen LogP contribution in [0.1, 0.15) is 11.3 Å². The Morgan fingerprint density at radius 3 is 3.26 bits per heavy atom. The van der Waals surface area contributed by atoms with Crippen molar-refractivity contribution >= 4 is 5.91 Å². The lowest BCUT2D eigenvalue weighted by Crippen LogP contribution is -2.52. The predicted molar refractivity (Wildman–Crippen MR) is 71.2 cm³/mol. The predicted octanol–water partition coefficient (Wildman–Crippen LogP) is -0.513. The van der Waals surface area contributed by atoms with E-state index in [1.165, 1.54) is 0 Å². The first-order chi connectivity index (χ1) is 9.26. The summed E-state index contributed by atoms with van der Waals surface area (Å²) < 4.78 is 5.39. The summed E-state index contributed by atoms with van der Waals surface area (Å²) in [5.74, 6) is -0.0158. The monoisotopic (exact) mass is 264 g/mol. The van der Waals surface area contributed by atoms with Crippen molar-refractivity contribution in [1.29, 1.82) is 0 Å². The van der Waals surface area contributed by atoms with Crippen molar-refractivity contribution < 1.29 is 9.53 Å². The zero-order chi connectivity index (χ0) is 13.7. The van der Waals surface area contributed by atoms with Crippen molar-refractivity contribution in [2.75, 3.05) is 26.8 Å². The molecule has 6 heteroatoms. The van der Waals surface area contributed by atoms with Gasteiger partial charge in [0.05, 0.1) is 18.9 Å². The molecule has 0 aliphatic carbocycles. The fourth-order valence-corrected chi connectivity index (χ4v) is 2.25. The average molecular weight is 264 g/mol. The highest BCUT2D eigenvalue weighted by molar-refractivity contribution is 5.81. The number of likely N-dealkylation sites (N-methyl/N-ethyl adjacent to an activating group) is 1. The molecule has 0 radical (unpaired) electrons. The molecule has 1 amide bonds. The van der Waals surface area contributed by atoms with Gasteiger partial charge in [-0.3, -0.25) is 14.7 Å². The zero-order valence-electron chi connectivity index (χ0n) is 11.1. The Morgan fingerprint density at radius 1 is 1.68 bits per heavy atom. The highest BCUT2D eigenvalue weighted by Gasteiger charge is 2.29. The second kappa shape index (κ2) is 6.60. The minimum absolute atomic E-state index is 0.0158. The lowest BCUT2D eigenvalue weighted by molar-refractivity contribution is -0.132. The third-order valence-corrected chi connectivity index (χ3v) is 3.34. The summed E-state index contributed by atoms with van der Waals surface area (Å²) in [6.45, 7) is 2.88. The third kappa shape index (κ3) is 3.28. The van der Waals surface area contributed by atoms with Crippen LogP contribution in [-0.2, 0) is 22.6 Å². The zero-order valence-corrected chi connectivity index (χ0v) is 11.1. The van der Waals surface area contributed by atoms with Gasteiger partial charge >= 0.3 is 0 Å². The largest absolute Gasteiger partial charge is 0.378 e. The van der Waals surface area contributed by atoms with E-state index in [0.717, 1.165) is 17.8 Å². The van der Waals surface area contributed by atoms with Crippen molar-refractivity contribution in [2.24, 2.45) is 5.73 Å². The summed E-state index contributed by atoms with van der Waals surface area (Å²) >= 11 is 0. The number of morpholine rings is 1. The van der Waals surface area contributed by atoms with Crippen LogP contribution < -0.4 is 11.1 Å². The molecule has 1 aliphatic rings. The Labute approximate surface area is 112 Å². The maximum atomic E-state index is 11.8. The van der Waals surface area contributed by atoms with E-state index >= 15 is 0 Å². The minimum atomic E-state index is -0.246. The number of rotatable bonds is 4. The Balaban J connectivity index is 2.13. The van der Waals surface area contributed by atoms with Gasteiger partial charge in [0.1, 0.15) is 6.04 Å².